The number of aromatic carboxylic acids is 1. The van der Waals surface area contributed by atoms with Gasteiger partial charge in [-0.15, -0.1) is 0 Å². The molecule has 1 N–H and O–H groups in total. The Morgan fingerprint density at radius 1 is 1.19 bits per heavy atom. The van der Waals surface area contributed by atoms with Crippen molar-refractivity contribution in [3.8, 4) is 5.75 Å². The summed E-state index contributed by atoms with van der Waals surface area (Å²) >= 11 is 0. The van der Waals surface area contributed by atoms with Crippen LogP contribution >= 0.6 is 0 Å². The number of carbonyl (C=O) groups is 1. The molecule has 2 aromatic carbocycles. The largest absolute Gasteiger partial charge is 0.497 e. The summed E-state index contributed by atoms with van der Waals surface area (Å²) in [6, 6.07) is 11.1. The normalized spacial score (nSPS) is 10.1. The summed E-state index contributed by atoms with van der Waals surface area (Å²) in [4.78, 5) is 21.3. The van der Waals surface area contributed by atoms with Gasteiger partial charge in [0.15, 0.2) is 0 Å². The van der Waals surface area contributed by atoms with E-state index in [2.05, 4.69) is 0 Å². The number of ether oxygens (including phenoxy) is 1. The Kier molecular flexibility index (Phi) is 4.18. The lowest BCUT2D eigenvalue weighted by Crippen LogP contribution is -2.01. The molecule has 2 rings (SSSR count). The van der Waals surface area contributed by atoms with Gasteiger partial charge in [-0.3, -0.25) is 10.1 Å². The maximum absolute atomic E-state index is 11.0. The minimum atomic E-state index is -1.19. The summed E-state index contributed by atoms with van der Waals surface area (Å²) in [5, 5.41) is 19.9. The van der Waals surface area contributed by atoms with Crippen LogP contribution in [-0.2, 0) is 6.42 Å². The third kappa shape index (κ3) is 3.56. The molecule has 0 amide bonds. The van der Waals surface area contributed by atoms with Gasteiger partial charge < -0.3 is 9.84 Å². The van der Waals surface area contributed by atoms with Crippen LogP contribution in [0.5, 0.6) is 5.75 Å². The smallest absolute Gasteiger partial charge is 0.335 e. The Labute approximate surface area is 120 Å². The number of nitro benzene ring substituents is 1. The first-order chi connectivity index (χ1) is 9.99. The van der Waals surface area contributed by atoms with Gasteiger partial charge in [0.1, 0.15) is 5.75 Å². The van der Waals surface area contributed by atoms with Gasteiger partial charge in [0, 0.05) is 12.1 Å². The molecule has 0 radical (unpaired) electrons. The van der Waals surface area contributed by atoms with Gasteiger partial charge in [0.25, 0.3) is 5.69 Å². The molecule has 0 aliphatic carbocycles. The van der Waals surface area contributed by atoms with Crippen molar-refractivity contribution in [2.24, 2.45) is 0 Å². The molecule has 108 valence electrons. The highest BCUT2D eigenvalue weighted by molar-refractivity contribution is 5.88. The molecule has 2 aromatic rings. The van der Waals surface area contributed by atoms with Crippen LogP contribution < -0.4 is 4.74 Å². The fourth-order valence-electron chi connectivity index (χ4n) is 1.98. The molecule has 0 aliphatic heterocycles. The predicted octanol–water partition coefficient (Wildman–Crippen LogP) is 2.89. The monoisotopic (exact) mass is 287 g/mol. The van der Waals surface area contributed by atoms with Crippen LogP contribution in [0.3, 0.4) is 0 Å². The van der Waals surface area contributed by atoms with Crippen LogP contribution in [-0.4, -0.2) is 23.1 Å². The Morgan fingerprint density at radius 2 is 1.86 bits per heavy atom. The number of hydrogen-bond donors (Lipinski definition) is 1. The molecule has 0 aromatic heterocycles. The highest BCUT2D eigenvalue weighted by atomic mass is 16.6. The average molecular weight is 287 g/mol. The van der Waals surface area contributed by atoms with Gasteiger partial charge >= 0.3 is 5.97 Å². The number of carboxylic acid groups (broad SMARTS) is 1. The number of carboxylic acids is 1. The van der Waals surface area contributed by atoms with Gasteiger partial charge in [-0.2, -0.15) is 0 Å². The van der Waals surface area contributed by atoms with Crippen LogP contribution in [0.4, 0.5) is 5.69 Å². The second-order valence-electron chi connectivity index (χ2n) is 4.48. The molecule has 0 atom stereocenters. The molecule has 0 fully saturated rings. The van der Waals surface area contributed by atoms with Crippen LogP contribution in [0.1, 0.15) is 21.5 Å². The molecule has 0 saturated carbocycles. The molecular formula is C15H13NO5. The fourth-order valence-corrected chi connectivity index (χ4v) is 1.98. The van der Waals surface area contributed by atoms with Crippen LogP contribution in [0.15, 0.2) is 42.5 Å². The van der Waals surface area contributed by atoms with E-state index >= 15 is 0 Å². The highest BCUT2D eigenvalue weighted by Crippen LogP contribution is 2.21. The van der Waals surface area contributed by atoms with Crippen molar-refractivity contribution in [1.82, 2.24) is 0 Å². The van der Waals surface area contributed by atoms with E-state index in [4.69, 9.17) is 9.84 Å². The van der Waals surface area contributed by atoms with E-state index in [1.54, 1.807) is 19.2 Å². The number of nitro groups is 1. The molecule has 0 bridgehead atoms. The third-order valence-corrected chi connectivity index (χ3v) is 3.00. The fraction of sp³-hybridized carbons (Fsp3) is 0.133. The summed E-state index contributed by atoms with van der Waals surface area (Å²) in [5.41, 5.74) is 1.17. The van der Waals surface area contributed by atoms with Gasteiger partial charge in [-0.25, -0.2) is 4.79 Å². The summed E-state index contributed by atoms with van der Waals surface area (Å²) in [5.74, 6) is -0.473. The van der Waals surface area contributed by atoms with E-state index in [1.165, 1.54) is 12.1 Å². The lowest BCUT2D eigenvalue weighted by molar-refractivity contribution is -0.384. The van der Waals surface area contributed by atoms with Crippen molar-refractivity contribution in [1.29, 1.82) is 0 Å². The first-order valence-electron chi connectivity index (χ1n) is 6.14. The van der Waals surface area contributed by atoms with E-state index in [1.807, 2.05) is 12.1 Å². The minimum Gasteiger partial charge on any atom is -0.497 e. The number of nitrogens with zero attached hydrogens (tertiary/aromatic N) is 1. The van der Waals surface area contributed by atoms with Crippen LogP contribution in [0.2, 0.25) is 0 Å². The zero-order chi connectivity index (χ0) is 15.4. The zero-order valence-corrected chi connectivity index (χ0v) is 11.3. The third-order valence-electron chi connectivity index (χ3n) is 3.00. The lowest BCUT2D eigenvalue weighted by atomic mass is 10.0. The van der Waals surface area contributed by atoms with Gasteiger partial charge in [0.2, 0.25) is 0 Å². The summed E-state index contributed by atoms with van der Waals surface area (Å²) < 4.78 is 5.05. The Balaban J connectivity index is 2.33. The summed E-state index contributed by atoms with van der Waals surface area (Å²) in [7, 11) is 1.56. The quantitative estimate of drug-likeness (QED) is 0.674. The summed E-state index contributed by atoms with van der Waals surface area (Å²) in [6.07, 6.45) is 0.409. The van der Waals surface area contributed by atoms with Gasteiger partial charge in [0.05, 0.1) is 17.6 Å². The van der Waals surface area contributed by atoms with Crippen LogP contribution in [0.25, 0.3) is 0 Å². The molecule has 21 heavy (non-hydrogen) atoms. The molecular weight excluding hydrogens is 274 g/mol. The summed E-state index contributed by atoms with van der Waals surface area (Å²) in [6.45, 7) is 0. The van der Waals surface area contributed by atoms with Crippen molar-refractivity contribution in [2.45, 2.75) is 6.42 Å². The number of hydrogen-bond acceptors (Lipinski definition) is 4. The van der Waals surface area contributed by atoms with Crippen molar-refractivity contribution < 1.29 is 19.6 Å². The zero-order valence-electron chi connectivity index (χ0n) is 11.3. The van der Waals surface area contributed by atoms with Crippen molar-refractivity contribution in [2.75, 3.05) is 7.11 Å². The molecule has 6 nitrogen and oxygen atoms in total. The van der Waals surface area contributed by atoms with Crippen LogP contribution in [0, 0.1) is 10.1 Å². The van der Waals surface area contributed by atoms with E-state index in [-0.39, 0.29) is 11.3 Å². The Bertz CT molecular complexity index is 647. The van der Waals surface area contributed by atoms with Crippen molar-refractivity contribution >= 4 is 11.7 Å². The molecule has 0 aliphatic rings. The molecule has 0 heterocycles. The first kappa shape index (κ1) is 14.5. The average Bonchev–Trinajstić information content (AvgIpc) is 2.47. The number of benzene rings is 2. The second-order valence-corrected chi connectivity index (χ2v) is 4.48. The maximum Gasteiger partial charge on any atom is 0.335 e. The molecule has 0 unspecified atom stereocenters. The Morgan fingerprint density at radius 3 is 2.38 bits per heavy atom. The number of non-ortho nitro benzene ring substituents is 1. The second kappa shape index (κ2) is 6.04. The SMILES string of the molecule is COc1ccc(Cc2cc(C(=O)O)cc([N+](=O)[O-])c2)cc1. The Hall–Kier alpha value is -2.89. The highest BCUT2D eigenvalue weighted by Gasteiger charge is 2.14. The number of methoxy groups -OCH3 is 1. The van der Waals surface area contributed by atoms with Crippen molar-refractivity contribution in [3.05, 3.63) is 69.3 Å². The molecule has 6 heteroatoms. The topological polar surface area (TPSA) is 89.7 Å². The van der Waals surface area contributed by atoms with Gasteiger partial charge in [-0.05, 0) is 35.7 Å². The molecule has 0 saturated heterocycles. The standard InChI is InChI=1S/C15H13NO5/c1-21-14-4-2-10(3-5-14)6-11-7-12(15(17)18)9-13(8-11)16(19)20/h2-5,7-9H,6H2,1H3,(H,17,18). The van der Waals surface area contributed by atoms with Crippen molar-refractivity contribution in [3.63, 3.8) is 0 Å². The predicted molar refractivity (Wildman–Crippen MR) is 75.9 cm³/mol. The lowest BCUT2D eigenvalue weighted by Gasteiger charge is -2.05. The van der Waals surface area contributed by atoms with E-state index in [9.17, 15) is 14.9 Å². The maximum atomic E-state index is 11.0. The van der Waals surface area contributed by atoms with E-state index in [0.717, 1.165) is 11.6 Å². The van der Waals surface area contributed by atoms with Gasteiger partial charge in [-0.1, -0.05) is 12.1 Å². The first-order valence-corrected chi connectivity index (χ1v) is 6.14. The molecule has 0 spiro atoms. The number of rotatable bonds is 5. The van der Waals surface area contributed by atoms with E-state index in [0.29, 0.717) is 17.7 Å². The van der Waals surface area contributed by atoms with E-state index < -0.39 is 10.9 Å². The minimum absolute atomic E-state index is 0.0901.